The Morgan fingerprint density at radius 1 is 0.857 bits per heavy atom. The maximum atomic E-state index is 13.0. The number of hydrogen-bond donors (Lipinski definition) is 1. The number of hydrogen-bond acceptors (Lipinski definition) is 5. The third-order valence-electron chi connectivity index (χ3n) is 6.58. The van der Waals surface area contributed by atoms with Gasteiger partial charge in [-0.3, -0.25) is 4.79 Å². The molecule has 0 atom stereocenters. The zero-order chi connectivity index (χ0) is 29.3. The van der Waals surface area contributed by atoms with Crippen molar-refractivity contribution in [1.82, 2.24) is 0 Å². The van der Waals surface area contributed by atoms with E-state index in [0.717, 1.165) is 21.9 Å². The fourth-order valence-corrected chi connectivity index (χ4v) is 4.47. The van der Waals surface area contributed by atoms with Crippen molar-refractivity contribution >= 4 is 40.0 Å². The second kappa shape index (κ2) is 13.4. The summed E-state index contributed by atoms with van der Waals surface area (Å²) in [6.07, 6.45) is 1.51. The first-order chi connectivity index (χ1) is 20.5. The molecular weight excluding hydrogens is 548 g/mol. The number of amides is 1. The Bertz CT molecular complexity index is 1770. The van der Waals surface area contributed by atoms with Gasteiger partial charge in [-0.2, -0.15) is 5.26 Å². The minimum Gasteiger partial charge on any atom is -0.497 e. The highest BCUT2D eigenvalue weighted by atomic mass is 35.5. The molecule has 1 N–H and O–H groups in total. The van der Waals surface area contributed by atoms with Gasteiger partial charge in [-0.25, -0.2) is 0 Å². The van der Waals surface area contributed by atoms with Gasteiger partial charge in [-0.1, -0.05) is 66.2 Å². The lowest BCUT2D eigenvalue weighted by molar-refractivity contribution is -0.112. The van der Waals surface area contributed by atoms with Crippen LogP contribution in [0.25, 0.3) is 16.8 Å². The molecule has 0 bridgehead atoms. The molecule has 0 aliphatic carbocycles. The van der Waals surface area contributed by atoms with Crippen LogP contribution in [-0.2, 0) is 18.0 Å². The average Bonchev–Trinajstić information content (AvgIpc) is 3.03. The number of ether oxygens (including phenoxy) is 3. The Morgan fingerprint density at radius 2 is 1.60 bits per heavy atom. The maximum absolute atomic E-state index is 13.0. The van der Waals surface area contributed by atoms with Crippen molar-refractivity contribution in [3.8, 4) is 23.3 Å². The lowest BCUT2D eigenvalue weighted by atomic mass is 10.1. The number of halogens is 1. The summed E-state index contributed by atoms with van der Waals surface area (Å²) in [5.41, 5.74) is 3.04. The van der Waals surface area contributed by atoms with Gasteiger partial charge in [0.05, 0.1) is 7.11 Å². The second-order valence-electron chi connectivity index (χ2n) is 9.39. The number of carbonyl (C=O) groups excluding carboxylic acids is 1. The van der Waals surface area contributed by atoms with Gasteiger partial charge in [0.2, 0.25) is 0 Å². The van der Waals surface area contributed by atoms with Crippen molar-refractivity contribution in [2.75, 3.05) is 12.4 Å². The lowest BCUT2D eigenvalue weighted by Crippen LogP contribution is -2.13. The van der Waals surface area contributed by atoms with Crippen LogP contribution in [-0.4, -0.2) is 13.0 Å². The lowest BCUT2D eigenvalue weighted by Gasteiger charge is -2.13. The SMILES string of the molecule is COc1ccc(/C=C(\C#N)C(=O)Nc2ccc(OCc3ccc(Cl)cc3)cc2)c(OCc2cccc3ccccc23)c1. The van der Waals surface area contributed by atoms with Crippen LogP contribution in [0.5, 0.6) is 17.2 Å². The van der Waals surface area contributed by atoms with Gasteiger partial charge in [-0.05, 0) is 76.5 Å². The van der Waals surface area contributed by atoms with Crippen LogP contribution < -0.4 is 19.5 Å². The fourth-order valence-electron chi connectivity index (χ4n) is 4.34. The average molecular weight is 575 g/mol. The van der Waals surface area contributed by atoms with Gasteiger partial charge in [-0.15, -0.1) is 0 Å². The summed E-state index contributed by atoms with van der Waals surface area (Å²) >= 11 is 5.93. The van der Waals surface area contributed by atoms with Crippen LogP contribution in [0.1, 0.15) is 16.7 Å². The second-order valence-corrected chi connectivity index (χ2v) is 9.83. The summed E-state index contributed by atoms with van der Waals surface area (Å²) in [7, 11) is 1.57. The van der Waals surface area contributed by atoms with E-state index in [1.54, 1.807) is 49.6 Å². The molecule has 0 saturated heterocycles. The number of nitrogens with zero attached hydrogens (tertiary/aromatic N) is 1. The number of methoxy groups -OCH3 is 1. The fraction of sp³-hybridized carbons (Fsp3) is 0.0857. The third kappa shape index (κ3) is 7.08. The Labute approximate surface area is 249 Å². The molecule has 0 heterocycles. The molecule has 0 aliphatic rings. The van der Waals surface area contributed by atoms with Gasteiger partial charge in [0, 0.05) is 22.3 Å². The number of anilines is 1. The van der Waals surface area contributed by atoms with Crippen LogP contribution in [0, 0.1) is 11.3 Å². The van der Waals surface area contributed by atoms with Crippen LogP contribution in [0.4, 0.5) is 5.69 Å². The molecule has 0 aliphatic heterocycles. The summed E-state index contributed by atoms with van der Waals surface area (Å²) in [5.74, 6) is 1.19. The number of carbonyl (C=O) groups is 1. The largest absolute Gasteiger partial charge is 0.497 e. The molecule has 0 spiro atoms. The topological polar surface area (TPSA) is 80.6 Å². The minimum atomic E-state index is -0.539. The van der Waals surface area contributed by atoms with Crippen LogP contribution in [0.15, 0.2) is 115 Å². The van der Waals surface area contributed by atoms with Crippen LogP contribution in [0.2, 0.25) is 5.02 Å². The number of fused-ring (bicyclic) bond motifs is 1. The molecular formula is C35H27ClN2O4. The molecule has 0 fully saturated rings. The molecule has 1 amide bonds. The van der Waals surface area contributed by atoms with E-state index in [9.17, 15) is 10.1 Å². The minimum absolute atomic E-state index is 0.0711. The first-order valence-electron chi connectivity index (χ1n) is 13.2. The van der Waals surface area contributed by atoms with Gasteiger partial charge in [0.25, 0.3) is 5.91 Å². The highest BCUT2D eigenvalue weighted by Crippen LogP contribution is 2.29. The van der Waals surface area contributed by atoms with E-state index >= 15 is 0 Å². The normalized spacial score (nSPS) is 11.0. The molecule has 5 aromatic carbocycles. The van der Waals surface area contributed by atoms with E-state index in [2.05, 4.69) is 23.5 Å². The van der Waals surface area contributed by atoms with E-state index in [0.29, 0.717) is 46.7 Å². The van der Waals surface area contributed by atoms with Gasteiger partial charge in [0.15, 0.2) is 0 Å². The Morgan fingerprint density at radius 3 is 2.36 bits per heavy atom. The number of benzene rings is 5. The predicted molar refractivity (Wildman–Crippen MR) is 166 cm³/mol. The third-order valence-corrected chi connectivity index (χ3v) is 6.83. The van der Waals surface area contributed by atoms with E-state index in [4.69, 9.17) is 25.8 Å². The smallest absolute Gasteiger partial charge is 0.266 e. The van der Waals surface area contributed by atoms with Gasteiger partial charge < -0.3 is 19.5 Å². The van der Waals surface area contributed by atoms with Crippen molar-refractivity contribution in [3.05, 3.63) is 136 Å². The molecule has 0 radical (unpaired) electrons. The number of rotatable bonds is 10. The summed E-state index contributed by atoms with van der Waals surface area (Å²) in [4.78, 5) is 13.0. The van der Waals surface area contributed by atoms with Crippen LogP contribution in [0.3, 0.4) is 0 Å². The summed E-state index contributed by atoms with van der Waals surface area (Å²) in [5, 5.41) is 15.5. The summed E-state index contributed by atoms with van der Waals surface area (Å²) < 4.78 is 17.4. The van der Waals surface area contributed by atoms with Gasteiger partial charge in [0.1, 0.15) is 42.1 Å². The van der Waals surface area contributed by atoms with E-state index in [-0.39, 0.29) is 5.57 Å². The molecule has 6 nitrogen and oxygen atoms in total. The van der Waals surface area contributed by atoms with Crippen molar-refractivity contribution in [1.29, 1.82) is 5.26 Å². The monoisotopic (exact) mass is 574 g/mol. The summed E-state index contributed by atoms with van der Waals surface area (Å²) in [6.45, 7) is 0.687. The molecule has 0 saturated carbocycles. The zero-order valence-corrected chi connectivity index (χ0v) is 23.6. The number of nitriles is 1. The Balaban J connectivity index is 1.28. The molecule has 5 rings (SSSR count). The standard InChI is InChI=1S/C35H27ClN2O4/c1-40-32-16-11-26(34(20-32)42-23-27-7-4-6-25-5-2-3-8-33(25)27)19-28(21-37)35(39)38-30-14-17-31(18-15-30)41-22-24-9-12-29(36)13-10-24/h2-20H,22-23H2,1H3,(H,38,39)/b28-19+. The quantitative estimate of drug-likeness (QED) is 0.134. The molecule has 42 heavy (non-hydrogen) atoms. The van der Waals surface area contributed by atoms with E-state index in [1.807, 2.05) is 54.6 Å². The summed E-state index contributed by atoms with van der Waals surface area (Å²) in [6, 6.07) is 35.8. The molecule has 5 aromatic rings. The first-order valence-corrected chi connectivity index (χ1v) is 13.6. The van der Waals surface area contributed by atoms with Crippen molar-refractivity contribution in [3.63, 3.8) is 0 Å². The van der Waals surface area contributed by atoms with Crippen LogP contribution >= 0.6 is 11.6 Å². The highest BCUT2D eigenvalue weighted by Gasteiger charge is 2.13. The Hall–Kier alpha value is -5.25. The Kier molecular flexibility index (Phi) is 9.03. The number of nitrogens with one attached hydrogen (secondary N) is 1. The van der Waals surface area contributed by atoms with Crippen molar-refractivity contribution in [2.45, 2.75) is 13.2 Å². The maximum Gasteiger partial charge on any atom is 0.266 e. The predicted octanol–water partition coefficient (Wildman–Crippen LogP) is 8.21. The van der Waals surface area contributed by atoms with E-state index < -0.39 is 5.91 Å². The molecule has 0 unspecified atom stereocenters. The molecule has 7 heteroatoms. The highest BCUT2D eigenvalue weighted by molar-refractivity contribution is 6.30. The van der Waals surface area contributed by atoms with Crippen molar-refractivity contribution < 1.29 is 19.0 Å². The van der Waals surface area contributed by atoms with E-state index in [1.165, 1.54) is 6.08 Å². The van der Waals surface area contributed by atoms with Crippen molar-refractivity contribution in [2.24, 2.45) is 0 Å². The molecule has 208 valence electrons. The first kappa shape index (κ1) is 28.3. The van der Waals surface area contributed by atoms with Gasteiger partial charge >= 0.3 is 0 Å². The zero-order valence-electron chi connectivity index (χ0n) is 22.8. The molecule has 0 aromatic heterocycles.